The molecule has 0 aliphatic carbocycles. The van der Waals surface area contributed by atoms with Crippen LogP contribution < -0.4 is 0 Å². The van der Waals surface area contributed by atoms with Crippen molar-refractivity contribution in [2.75, 3.05) is 20.1 Å². The van der Waals surface area contributed by atoms with Crippen LogP contribution in [0.3, 0.4) is 0 Å². The predicted molar refractivity (Wildman–Crippen MR) is 87.0 cm³/mol. The maximum atomic E-state index is 12.0. The Balaban J connectivity index is 1.69. The number of rotatable bonds is 4. The highest BCUT2D eigenvalue weighted by Gasteiger charge is 2.55. The summed E-state index contributed by atoms with van der Waals surface area (Å²) in [6, 6.07) is 4.90. The third kappa shape index (κ3) is 3.09. The average Bonchev–Trinajstić information content (AvgIpc) is 2.83. The van der Waals surface area contributed by atoms with Crippen LogP contribution in [0.15, 0.2) is 18.2 Å². The molecule has 3 rings (SSSR count). The van der Waals surface area contributed by atoms with Gasteiger partial charge in [0.05, 0.1) is 17.2 Å². The smallest absolute Gasteiger partial charge is 0.354 e. The molecule has 2 aliphatic heterocycles. The molecule has 0 radical (unpaired) electrons. The zero-order valence-corrected chi connectivity index (χ0v) is 14.0. The number of carbonyl (C=O) groups is 3. The number of hydrogen-bond acceptors (Lipinski definition) is 5. The summed E-state index contributed by atoms with van der Waals surface area (Å²) >= 11 is 0. The highest BCUT2D eigenvalue weighted by Crippen LogP contribution is 2.42. The molecule has 0 aromatic carbocycles. The van der Waals surface area contributed by atoms with E-state index in [2.05, 4.69) is 9.88 Å². The summed E-state index contributed by atoms with van der Waals surface area (Å²) < 4.78 is 0. The fourth-order valence-electron chi connectivity index (χ4n) is 4.00. The summed E-state index contributed by atoms with van der Waals surface area (Å²) in [6.07, 6.45) is 1.24. The summed E-state index contributed by atoms with van der Waals surface area (Å²) in [5.41, 5.74) is 0.0648. The summed E-state index contributed by atoms with van der Waals surface area (Å²) in [4.78, 5) is 42.5. The predicted octanol–water partition coefficient (Wildman–Crippen LogP) is 0.677. The van der Waals surface area contributed by atoms with E-state index in [1.807, 2.05) is 0 Å². The van der Waals surface area contributed by atoms with Crippen LogP contribution in [-0.4, -0.2) is 68.5 Å². The Labute approximate surface area is 145 Å². The second-order valence-corrected chi connectivity index (χ2v) is 6.75. The number of amides is 1. The maximum absolute atomic E-state index is 12.0. The molecule has 0 saturated carbocycles. The van der Waals surface area contributed by atoms with Crippen LogP contribution in [0.25, 0.3) is 0 Å². The van der Waals surface area contributed by atoms with E-state index in [9.17, 15) is 19.5 Å². The van der Waals surface area contributed by atoms with Gasteiger partial charge in [-0.05, 0) is 25.0 Å². The van der Waals surface area contributed by atoms with Gasteiger partial charge in [-0.15, -0.1) is 0 Å². The third-order valence-corrected chi connectivity index (χ3v) is 5.50. The number of pyridine rings is 1. The zero-order valence-electron chi connectivity index (χ0n) is 14.0. The van der Waals surface area contributed by atoms with Gasteiger partial charge in [0.15, 0.2) is 0 Å². The van der Waals surface area contributed by atoms with Crippen molar-refractivity contribution in [1.29, 1.82) is 0 Å². The molecule has 1 amide bonds. The lowest BCUT2D eigenvalue weighted by Gasteiger charge is -2.45. The Hall–Kier alpha value is -2.48. The Bertz CT molecular complexity index is 712. The number of aromatic carboxylic acids is 1. The van der Waals surface area contributed by atoms with Crippen molar-refractivity contribution in [2.45, 2.75) is 31.3 Å². The van der Waals surface area contributed by atoms with Gasteiger partial charge in [0, 0.05) is 33.1 Å². The lowest BCUT2D eigenvalue weighted by Crippen LogP contribution is -2.55. The minimum atomic E-state index is -1.06. The van der Waals surface area contributed by atoms with E-state index in [0.717, 1.165) is 0 Å². The Morgan fingerprint density at radius 1 is 1.28 bits per heavy atom. The molecule has 25 heavy (non-hydrogen) atoms. The topological polar surface area (TPSA) is 111 Å². The molecule has 2 N–H and O–H groups in total. The monoisotopic (exact) mass is 347 g/mol. The van der Waals surface area contributed by atoms with Gasteiger partial charge < -0.3 is 15.1 Å². The minimum absolute atomic E-state index is 0.0121. The van der Waals surface area contributed by atoms with Crippen molar-refractivity contribution >= 4 is 17.8 Å². The van der Waals surface area contributed by atoms with E-state index < -0.39 is 23.4 Å². The molecule has 1 aromatic heterocycles. The van der Waals surface area contributed by atoms with Crippen LogP contribution in [0.5, 0.6) is 0 Å². The fourth-order valence-corrected chi connectivity index (χ4v) is 4.00. The maximum Gasteiger partial charge on any atom is 0.354 e. The van der Waals surface area contributed by atoms with Gasteiger partial charge in [-0.2, -0.15) is 0 Å². The van der Waals surface area contributed by atoms with E-state index in [-0.39, 0.29) is 18.0 Å². The standard InChI is InChI=1S/C17H21N3O5/c1-19-14(21)9-12(15(22)23)17(19)5-7-20(8-6-17)10-11-3-2-4-13(18-11)16(24)25/h2-4,12H,5-10H2,1H3,(H,22,23)(H,24,25)/t12-/m1/s1. The molecule has 1 atom stereocenters. The van der Waals surface area contributed by atoms with Crippen LogP contribution in [-0.2, 0) is 16.1 Å². The highest BCUT2D eigenvalue weighted by molar-refractivity contribution is 5.88. The van der Waals surface area contributed by atoms with E-state index in [1.165, 1.54) is 6.07 Å². The first-order valence-electron chi connectivity index (χ1n) is 8.24. The minimum Gasteiger partial charge on any atom is -0.481 e. The first kappa shape index (κ1) is 17.3. The van der Waals surface area contributed by atoms with Crippen LogP contribution in [0.4, 0.5) is 0 Å². The third-order valence-electron chi connectivity index (χ3n) is 5.50. The molecular formula is C17H21N3O5. The van der Waals surface area contributed by atoms with Crippen molar-refractivity contribution in [3.63, 3.8) is 0 Å². The molecule has 1 spiro atoms. The van der Waals surface area contributed by atoms with E-state index in [0.29, 0.717) is 38.2 Å². The molecule has 2 fully saturated rings. The van der Waals surface area contributed by atoms with Crippen LogP contribution >= 0.6 is 0 Å². The van der Waals surface area contributed by atoms with Crippen molar-refractivity contribution in [3.05, 3.63) is 29.6 Å². The molecule has 8 nitrogen and oxygen atoms in total. The van der Waals surface area contributed by atoms with Crippen LogP contribution in [0.1, 0.15) is 35.4 Å². The number of carboxylic acid groups (broad SMARTS) is 2. The summed E-state index contributed by atoms with van der Waals surface area (Å²) in [5.74, 6) is -2.76. The van der Waals surface area contributed by atoms with Crippen molar-refractivity contribution < 1.29 is 24.6 Å². The van der Waals surface area contributed by atoms with Gasteiger partial charge in [-0.3, -0.25) is 14.5 Å². The van der Waals surface area contributed by atoms with Gasteiger partial charge >= 0.3 is 11.9 Å². The highest BCUT2D eigenvalue weighted by atomic mass is 16.4. The first-order valence-corrected chi connectivity index (χ1v) is 8.24. The molecule has 3 heterocycles. The summed E-state index contributed by atoms with van der Waals surface area (Å²) in [7, 11) is 1.69. The largest absolute Gasteiger partial charge is 0.481 e. The lowest BCUT2D eigenvalue weighted by molar-refractivity contribution is -0.146. The molecule has 1 aromatic rings. The van der Waals surface area contributed by atoms with Crippen molar-refractivity contribution in [3.8, 4) is 0 Å². The molecule has 0 bridgehead atoms. The van der Waals surface area contributed by atoms with E-state index in [4.69, 9.17) is 5.11 Å². The SMILES string of the molecule is CN1C(=O)C[C@H](C(=O)O)C12CCN(Cc1cccc(C(=O)O)n1)CC2. The van der Waals surface area contributed by atoms with Crippen molar-refractivity contribution in [2.24, 2.45) is 5.92 Å². The number of piperidine rings is 1. The Kier molecular flexibility index (Phi) is 4.47. The molecule has 0 unspecified atom stereocenters. The molecular weight excluding hydrogens is 326 g/mol. The van der Waals surface area contributed by atoms with Crippen LogP contribution in [0, 0.1) is 5.92 Å². The van der Waals surface area contributed by atoms with Gasteiger partial charge in [0.2, 0.25) is 5.91 Å². The number of hydrogen-bond donors (Lipinski definition) is 2. The molecule has 2 aliphatic rings. The zero-order chi connectivity index (χ0) is 18.2. The van der Waals surface area contributed by atoms with E-state index >= 15 is 0 Å². The number of carbonyl (C=O) groups excluding carboxylic acids is 1. The summed E-state index contributed by atoms with van der Waals surface area (Å²) in [5, 5.41) is 18.5. The number of aromatic nitrogens is 1. The number of carboxylic acids is 2. The van der Waals surface area contributed by atoms with Gasteiger partial charge in [-0.25, -0.2) is 9.78 Å². The molecule has 2 saturated heterocycles. The second kappa shape index (κ2) is 6.44. The average molecular weight is 347 g/mol. The normalized spacial score (nSPS) is 23.2. The first-order chi connectivity index (χ1) is 11.8. The molecule has 8 heteroatoms. The van der Waals surface area contributed by atoms with Crippen molar-refractivity contribution in [1.82, 2.24) is 14.8 Å². The summed E-state index contributed by atoms with van der Waals surface area (Å²) in [6.45, 7) is 1.79. The number of nitrogens with zero attached hydrogens (tertiary/aromatic N) is 3. The number of likely N-dealkylation sites (tertiary alicyclic amines) is 2. The Morgan fingerprint density at radius 2 is 1.96 bits per heavy atom. The van der Waals surface area contributed by atoms with Crippen LogP contribution in [0.2, 0.25) is 0 Å². The van der Waals surface area contributed by atoms with Gasteiger partial charge in [0.25, 0.3) is 0 Å². The molecule has 134 valence electrons. The second-order valence-electron chi connectivity index (χ2n) is 6.75. The van der Waals surface area contributed by atoms with Gasteiger partial charge in [-0.1, -0.05) is 6.07 Å². The van der Waals surface area contributed by atoms with Gasteiger partial charge in [0.1, 0.15) is 5.69 Å². The number of aliphatic carboxylic acids is 1. The Morgan fingerprint density at radius 3 is 2.56 bits per heavy atom. The quantitative estimate of drug-likeness (QED) is 0.824. The van der Waals surface area contributed by atoms with E-state index in [1.54, 1.807) is 24.1 Å². The fraction of sp³-hybridized carbons (Fsp3) is 0.529. The lowest BCUT2D eigenvalue weighted by atomic mass is 9.77.